The van der Waals surface area contributed by atoms with E-state index >= 15 is 0 Å². The van der Waals surface area contributed by atoms with Crippen molar-refractivity contribution < 1.29 is 13.9 Å². The molecule has 10 heteroatoms. The maximum atomic E-state index is 14.9. The molecular weight excluding hydrogens is 459 g/mol. The van der Waals surface area contributed by atoms with Gasteiger partial charge in [0.1, 0.15) is 29.5 Å². The van der Waals surface area contributed by atoms with Crippen LogP contribution in [0.3, 0.4) is 0 Å². The van der Waals surface area contributed by atoms with Gasteiger partial charge in [0.15, 0.2) is 0 Å². The molecule has 8 nitrogen and oxygen atoms in total. The van der Waals surface area contributed by atoms with Gasteiger partial charge in [-0.3, -0.25) is 9.20 Å². The van der Waals surface area contributed by atoms with Crippen molar-refractivity contribution in [2.45, 2.75) is 18.4 Å². The minimum atomic E-state index is -0.485. The zero-order valence-electron chi connectivity index (χ0n) is 18.0. The molecule has 1 aliphatic heterocycles. The number of benzene rings is 2. The van der Waals surface area contributed by atoms with Gasteiger partial charge < -0.3 is 15.4 Å². The number of aromatic nitrogens is 3. The van der Waals surface area contributed by atoms with Gasteiger partial charge in [0.25, 0.3) is 5.91 Å². The van der Waals surface area contributed by atoms with E-state index in [1.807, 2.05) is 0 Å². The summed E-state index contributed by atoms with van der Waals surface area (Å²) in [5.74, 6) is -0.130. The smallest absolute Gasteiger partial charge is 0.255 e. The van der Waals surface area contributed by atoms with Crippen molar-refractivity contribution in [1.29, 1.82) is 5.26 Å². The Balaban J connectivity index is 1.36. The van der Waals surface area contributed by atoms with Crippen LogP contribution in [-0.4, -0.2) is 38.8 Å². The SMILES string of the molecule is CN(C(=O)c1cc2c(cc1Cl)nc(N)c1cncn12)[C@@H]1COc2cc(C3C[C@H]3C#N)c(F)cc21. The number of fused-ring (bicyclic) bond motifs is 4. The molecule has 3 heterocycles. The number of nitrogens with two attached hydrogens (primary N) is 1. The van der Waals surface area contributed by atoms with Gasteiger partial charge in [-0.05, 0) is 36.2 Å². The molecule has 1 fully saturated rings. The van der Waals surface area contributed by atoms with Crippen LogP contribution in [0.4, 0.5) is 10.2 Å². The van der Waals surface area contributed by atoms with Crippen molar-refractivity contribution >= 4 is 39.9 Å². The van der Waals surface area contributed by atoms with E-state index < -0.39 is 6.04 Å². The Kier molecular flexibility index (Phi) is 4.44. The Labute approximate surface area is 198 Å². The lowest BCUT2D eigenvalue weighted by molar-refractivity contribution is 0.0708. The van der Waals surface area contributed by atoms with Crippen LogP contribution in [0.1, 0.15) is 39.9 Å². The molecule has 0 radical (unpaired) electrons. The number of halogens is 2. The Morgan fingerprint density at radius 3 is 2.91 bits per heavy atom. The highest BCUT2D eigenvalue weighted by molar-refractivity contribution is 6.34. The van der Waals surface area contributed by atoms with Crippen molar-refractivity contribution in [3.05, 3.63) is 64.3 Å². The van der Waals surface area contributed by atoms with Crippen LogP contribution in [0, 0.1) is 23.1 Å². The number of hydrogen-bond donors (Lipinski definition) is 1. The second-order valence-electron chi connectivity index (χ2n) is 8.70. The molecule has 2 N–H and O–H groups in total. The van der Waals surface area contributed by atoms with Gasteiger partial charge in [-0.1, -0.05) is 11.6 Å². The molecule has 0 saturated heterocycles. The maximum absolute atomic E-state index is 14.9. The normalized spacial score (nSPS) is 20.7. The molecule has 2 aromatic heterocycles. The Morgan fingerprint density at radius 2 is 2.15 bits per heavy atom. The third kappa shape index (κ3) is 2.99. The first-order valence-corrected chi connectivity index (χ1v) is 11.1. The average Bonchev–Trinajstić information content (AvgIpc) is 3.22. The van der Waals surface area contributed by atoms with Crippen LogP contribution in [0.2, 0.25) is 5.02 Å². The molecule has 3 atom stereocenters. The van der Waals surface area contributed by atoms with Gasteiger partial charge in [0, 0.05) is 18.5 Å². The summed E-state index contributed by atoms with van der Waals surface area (Å²) in [5.41, 5.74) is 9.16. The van der Waals surface area contributed by atoms with Gasteiger partial charge in [-0.15, -0.1) is 0 Å². The molecule has 0 bridgehead atoms. The van der Waals surface area contributed by atoms with Gasteiger partial charge in [-0.25, -0.2) is 14.4 Å². The largest absolute Gasteiger partial charge is 0.491 e. The number of imidazole rings is 1. The quantitative estimate of drug-likeness (QED) is 0.477. The van der Waals surface area contributed by atoms with Crippen LogP contribution >= 0.6 is 11.6 Å². The van der Waals surface area contributed by atoms with E-state index in [0.717, 1.165) is 0 Å². The number of nitrogen functional groups attached to an aromatic ring is 1. The van der Waals surface area contributed by atoms with Gasteiger partial charge in [0.05, 0.1) is 52.2 Å². The van der Waals surface area contributed by atoms with Crippen molar-refractivity contribution in [1.82, 2.24) is 19.3 Å². The summed E-state index contributed by atoms with van der Waals surface area (Å²) in [6.07, 6.45) is 3.85. The molecular formula is C24H18ClFN6O2. The fourth-order valence-electron chi connectivity index (χ4n) is 4.71. The third-order valence-electron chi connectivity index (χ3n) is 6.72. The molecule has 1 unspecified atom stereocenters. The van der Waals surface area contributed by atoms with Crippen molar-refractivity contribution in [3.63, 3.8) is 0 Å². The summed E-state index contributed by atoms with van der Waals surface area (Å²) in [4.78, 5) is 23.5. The minimum absolute atomic E-state index is 0.101. The van der Waals surface area contributed by atoms with Gasteiger partial charge >= 0.3 is 0 Å². The van der Waals surface area contributed by atoms with Gasteiger partial charge in [-0.2, -0.15) is 5.26 Å². The lowest BCUT2D eigenvalue weighted by Crippen LogP contribution is -2.32. The molecule has 1 aliphatic carbocycles. The number of nitrogens with zero attached hydrogens (tertiary/aromatic N) is 5. The topological polar surface area (TPSA) is 110 Å². The van der Waals surface area contributed by atoms with Crippen molar-refractivity contribution in [3.8, 4) is 11.8 Å². The van der Waals surface area contributed by atoms with E-state index in [4.69, 9.17) is 27.3 Å². The fourth-order valence-corrected chi connectivity index (χ4v) is 4.95. The van der Waals surface area contributed by atoms with Crippen LogP contribution in [0.15, 0.2) is 36.8 Å². The Bertz CT molecular complexity index is 1560. The summed E-state index contributed by atoms with van der Waals surface area (Å²) in [7, 11) is 1.64. The number of carbonyl (C=O) groups excluding carboxylic acids is 1. The summed E-state index contributed by atoms with van der Waals surface area (Å²) in [6.45, 7) is 0.196. The van der Waals surface area contributed by atoms with E-state index in [0.29, 0.717) is 45.7 Å². The number of carbonyl (C=O) groups is 1. The highest BCUT2D eigenvalue weighted by atomic mass is 35.5. The molecule has 34 heavy (non-hydrogen) atoms. The second-order valence-corrected chi connectivity index (χ2v) is 9.11. The molecule has 2 aliphatic rings. The van der Waals surface area contributed by atoms with Gasteiger partial charge in [0.2, 0.25) is 0 Å². The van der Waals surface area contributed by atoms with E-state index in [9.17, 15) is 9.18 Å². The second kappa shape index (κ2) is 7.30. The number of nitriles is 1. The molecule has 170 valence electrons. The number of ether oxygens (including phenoxy) is 1. The Morgan fingerprint density at radius 1 is 1.32 bits per heavy atom. The first kappa shape index (κ1) is 20.7. The first-order valence-electron chi connectivity index (χ1n) is 10.7. The average molecular weight is 477 g/mol. The number of hydrogen-bond acceptors (Lipinski definition) is 6. The summed E-state index contributed by atoms with van der Waals surface area (Å²) in [6, 6.07) is 8.04. The van der Waals surface area contributed by atoms with Crippen LogP contribution in [-0.2, 0) is 0 Å². The van der Waals surface area contributed by atoms with Crippen molar-refractivity contribution in [2.75, 3.05) is 19.4 Å². The number of rotatable bonds is 3. The third-order valence-corrected chi connectivity index (χ3v) is 7.04. The molecule has 1 saturated carbocycles. The molecule has 2 aromatic carbocycles. The van der Waals surface area contributed by atoms with E-state index in [1.165, 1.54) is 11.0 Å². The minimum Gasteiger partial charge on any atom is -0.491 e. The lowest BCUT2D eigenvalue weighted by Gasteiger charge is -2.24. The zero-order valence-corrected chi connectivity index (χ0v) is 18.8. The molecule has 1 amide bonds. The summed E-state index contributed by atoms with van der Waals surface area (Å²) < 4.78 is 22.4. The predicted molar refractivity (Wildman–Crippen MR) is 123 cm³/mol. The lowest BCUT2D eigenvalue weighted by atomic mass is 10.0. The zero-order chi connectivity index (χ0) is 23.7. The molecule has 0 spiro atoms. The van der Waals surface area contributed by atoms with E-state index in [1.54, 1.807) is 42.2 Å². The number of likely N-dealkylation sites (N-methyl/N-ethyl adjacent to an activating group) is 1. The molecule has 6 rings (SSSR count). The van der Waals surface area contributed by atoms with E-state index in [2.05, 4.69) is 16.0 Å². The predicted octanol–water partition coefficient (Wildman–Crippen LogP) is 4.09. The Hall–Kier alpha value is -3.90. The maximum Gasteiger partial charge on any atom is 0.255 e. The first-order chi connectivity index (χ1) is 16.4. The van der Waals surface area contributed by atoms with Crippen LogP contribution < -0.4 is 10.5 Å². The highest BCUT2D eigenvalue weighted by Gasteiger charge is 2.42. The van der Waals surface area contributed by atoms with Crippen molar-refractivity contribution in [2.24, 2.45) is 5.92 Å². The molecule has 4 aromatic rings. The summed E-state index contributed by atoms with van der Waals surface area (Å²) >= 11 is 6.47. The van der Waals surface area contributed by atoms with E-state index in [-0.39, 0.29) is 40.8 Å². The van der Waals surface area contributed by atoms with Crippen LogP contribution in [0.25, 0.3) is 16.6 Å². The number of anilines is 1. The van der Waals surface area contributed by atoms with Crippen LogP contribution in [0.5, 0.6) is 5.75 Å². The fraction of sp³-hybridized carbons (Fsp3) is 0.250. The standard InChI is InChI=1S/C24H18ClFN6O2/c1-31(21-9-34-22-5-13(12-2-11(12)7-27)17(26)3-15(21)22)24(33)14-4-19-18(6-16(14)25)30-23(28)20-8-29-10-32(19)20/h3-6,8,10-12,21H,2,9H2,1H3,(H2,28,30)/t11-,12?,21+/m0/s1. The number of amides is 1. The monoisotopic (exact) mass is 476 g/mol. The summed E-state index contributed by atoms with van der Waals surface area (Å²) in [5, 5.41) is 9.31. The highest BCUT2D eigenvalue weighted by Crippen LogP contribution is 2.50.